The predicted octanol–water partition coefficient (Wildman–Crippen LogP) is 0.522. The second-order valence-corrected chi connectivity index (χ2v) is 4.79. The summed E-state index contributed by atoms with van der Waals surface area (Å²) >= 11 is 0. The van der Waals surface area contributed by atoms with Gasteiger partial charge in [-0.15, -0.1) is 0 Å². The van der Waals surface area contributed by atoms with Gasteiger partial charge in [-0.2, -0.15) is 0 Å². The van der Waals surface area contributed by atoms with Crippen molar-refractivity contribution in [3.63, 3.8) is 0 Å². The number of carbonyl (C=O) groups is 2. The number of nitrogens with zero attached hydrogens (tertiary/aromatic N) is 1. The van der Waals surface area contributed by atoms with E-state index < -0.39 is 17.4 Å². The maximum absolute atomic E-state index is 11.8. The van der Waals surface area contributed by atoms with E-state index in [-0.39, 0.29) is 6.61 Å². The van der Waals surface area contributed by atoms with E-state index in [1.807, 2.05) is 13.8 Å². The normalized spacial score (nSPS) is 11.1. The van der Waals surface area contributed by atoms with Crippen molar-refractivity contribution >= 4 is 11.8 Å². The van der Waals surface area contributed by atoms with E-state index in [1.165, 1.54) is 0 Å². The zero-order chi connectivity index (χ0) is 13.5. The van der Waals surface area contributed by atoms with Crippen molar-refractivity contribution in [1.82, 2.24) is 10.2 Å². The van der Waals surface area contributed by atoms with Crippen LogP contribution in [0.15, 0.2) is 0 Å². The fraction of sp³-hybridized carbons (Fsp3) is 0.833. The summed E-state index contributed by atoms with van der Waals surface area (Å²) in [6.07, 6.45) is 1.64. The molecule has 0 bridgehead atoms. The van der Waals surface area contributed by atoms with Gasteiger partial charge in [0.25, 0.3) is 0 Å². The maximum Gasteiger partial charge on any atom is 0.311 e. The van der Waals surface area contributed by atoms with Crippen molar-refractivity contribution in [3.8, 4) is 0 Å². The van der Waals surface area contributed by atoms with Crippen LogP contribution in [0.2, 0.25) is 0 Å². The molecule has 0 saturated heterocycles. The van der Waals surface area contributed by atoms with E-state index in [4.69, 9.17) is 5.11 Å². The Balaban J connectivity index is 4.50. The fourth-order valence-corrected chi connectivity index (χ4v) is 1.40. The monoisotopic (exact) mass is 244 g/mol. The third kappa shape index (κ3) is 5.68. The van der Waals surface area contributed by atoms with Crippen LogP contribution in [0.4, 0.5) is 0 Å². The molecule has 2 N–H and O–H groups in total. The molecule has 17 heavy (non-hydrogen) atoms. The Bertz CT molecular complexity index is 258. The molecule has 5 nitrogen and oxygen atoms in total. The van der Waals surface area contributed by atoms with Crippen LogP contribution >= 0.6 is 0 Å². The zero-order valence-corrected chi connectivity index (χ0v) is 11.2. The second kappa shape index (κ2) is 7.27. The maximum atomic E-state index is 11.8. The number of hydrogen-bond donors (Lipinski definition) is 2. The van der Waals surface area contributed by atoms with E-state index in [2.05, 4.69) is 5.32 Å². The number of carbonyl (C=O) groups excluding carboxylic acids is 2. The number of nitrogens with one attached hydrogen (secondary N) is 1. The van der Waals surface area contributed by atoms with E-state index in [0.29, 0.717) is 13.1 Å². The third-order valence-electron chi connectivity index (χ3n) is 2.32. The molecule has 0 radical (unpaired) electrons. The Hall–Kier alpha value is -1.10. The van der Waals surface area contributed by atoms with Gasteiger partial charge in [0.2, 0.25) is 0 Å². The van der Waals surface area contributed by atoms with Crippen molar-refractivity contribution in [1.29, 1.82) is 0 Å². The molecule has 0 fully saturated rings. The summed E-state index contributed by atoms with van der Waals surface area (Å²) in [6, 6.07) is 0. The average molecular weight is 244 g/mol. The van der Waals surface area contributed by atoms with Crippen LogP contribution < -0.4 is 5.32 Å². The minimum Gasteiger partial charge on any atom is -0.394 e. The lowest BCUT2D eigenvalue weighted by molar-refractivity contribution is -0.147. The third-order valence-corrected chi connectivity index (χ3v) is 2.32. The molecule has 0 rings (SSSR count). The molecule has 0 atom stereocenters. The summed E-state index contributed by atoms with van der Waals surface area (Å²) in [6.45, 7) is 8.23. The Morgan fingerprint density at radius 3 is 2.00 bits per heavy atom. The number of hydrogen-bond acceptors (Lipinski definition) is 3. The lowest BCUT2D eigenvalue weighted by atomic mass is 10.1. The van der Waals surface area contributed by atoms with Gasteiger partial charge < -0.3 is 15.3 Å². The van der Waals surface area contributed by atoms with Crippen molar-refractivity contribution in [3.05, 3.63) is 0 Å². The van der Waals surface area contributed by atoms with Crippen LogP contribution in [-0.2, 0) is 9.59 Å². The summed E-state index contributed by atoms with van der Waals surface area (Å²) < 4.78 is 0. The average Bonchev–Trinajstić information content (AvgIpc) is 2.27. The molecule has 0 aromatic heterocycles. The van der Waals surface area contributed by atoms with Gasteiger partial charge in [0.1, 0.15) is 0 Å². The number of aliphatic hydroxyl groups is 1. The van der Waals surface area contributed by atoms with Crippen LogP contribution in [-0.4, -0.2) is 47.1 Å². The first kappa shape index (κ1) is 15.9. The van der Waals surface area contributed by atoms with Crippen LogP contribution in [0.1, 0.15) is 40.5 Å². The SMILES string of the molecule is CCCN(CCC)C(=O)C(=O)NC(C)(C)CO. The Morgan fingerprint density at radius 1 is 1.18 bits per heavy atom. The van der Waals surface area contributed by atoms with Gasteiger partial charge in [0.05, 0.1) is 12.1 Å². The van der Waals surface area contributed by atoms with Gasteiger partial charge in [-0.1, -0.05) is 13.8 Å². The largest absolute Gasteiger partial charge is 0.394 e. The summed E-state index contributed by atoms with van der Waals surface area (Å²) in [4.78, 5) is 25.1. The number of rotatable bonds is 6. The highest BCUT2D eigenvalue weighted by Crippen LogP contribution is 2.01. The minimum absolute atomic E-state index is 0.201. The summed E-state index contributed by atoms with van der Waals surface area (Å²) in [5.74, 6) is -1.17. The van der Waals surface area contributed by atoms with Crippen molar-refractivity contribution in [2.45, 2.75) is 46.1 Å². The quantitative estimate of drug-likeness (QED) is 0.669. The molecule has 0 saturated carbocycles. The van der Waals surface area contributed by atoms with Crippen LogP contribution in [0, 0.1) is 0 Å². The Kier molecular flexibility index (Phi) is 6.80. The Labute approximate surface area is 103 Å². The first-order valence-electron chi connectivity index (χ1n) is 6.10. The summed E-state index contributed by atoms with van der Waals surface area (Å²) in [5.41, 5.74) is -0.767. The highest BCUT2D eigenvalue weighted by atomic mass is 16.3. The molecule has 0 aliphatic carbocycles. The van der Waals surface area contributed by atoms with Crippen LogP contribution in [0.3, 0.4) is 0 Å². The molecule has 100 valence electrons. The highest BCUT2D eigenvalue weighted by Gasteiger charge is 2.26. The number of aliphatic hydroxyl groups excluding tert-OH is 1. The minimum atomic E-state index is -0.767. The molecule has 2 amide bonds. The summed E-state index contributed by atoms with van der Waals surface area (Å²) in [5, 5.41) is 11.6. The fourth-order valence-electron chi connectivity index (χ4n) is 1.40. The molecule has 0 aromatic rings. The van der Waals surface area contributed by atoms with E-state index in [0.717, 1.165) is 12.8 Å². The first-order valence-corrected chi connectivity index (χ1v) is 6.10. The lowest BCUT2D eigenvalue weighted by Gasteiger charge is -2.26. The zero-order valence-electron chi connectivity index (χ0n) is 11.2. The molecular weight excluding hydrogens is 220 g/mol. The smallest absolute Gasteiger partial charge is 0.311 e. The molecule has 0 aliphatic rings. The predicted molar refractivity (Wildman–Crippen MR) is 66.5 cm³/mol. The molecule has 0 spiro atoms. The molecule has 0 unspecified atom stereocenters. The molecule has 0 aromatic carbocycles. The first-order chi connectivity index (χ1) is 7.87. The van der Waals surface area contributed by atoms with Crippen molar-refractivity contribution < 1.29 is 14.7 Å². The molecule has 5 heteroatoms. The van der Waals surface area contributed by atoms with Gasteiger partial charge in [-0.05, 0) is 26.7 Å². The molecular formula is C12H24N2O3. The van der Waals surface area contributed by atoms with Crippen LogP contribution in [0.5, 0.6) is 0 Å². The van der Waals surface area contributed by atoms with Crippen LogP contribution in [0.25, 0.3) is 0 Å². The van der Waals surface area contributed by atoms with E-state index in [9.17, 15) is 9.59 Å². The Morgan fingerprint density at radius 2 is 1.65 bits per heavy atom. The van der Waals surface area contributed by atoms with Gasteiger partial charge in [0, 0.05) is 13.1 Å². The van der Waals surface area contributed by atoms with Gasteiger partial charge >= 0.3 is 11.8 Å². The standard InChI is InChI=1S/C12H24N2O3/c1-5-7-14(8-6-2)11(17)10(16)13-12(3,4)9-15/h15H,5-9H2,1-4H3,(H,13,16). The van der Waals surface area contributed by atoms with E-state index >= 15 is 0 Å². The topological polar surface area (TPSA) is 69.6 Å². The molecule has 0 aliphatic heterocycles. The van der Waals surface area contributed by atoms with Gasteiger partial charge in [-0.3, -0.25) is 9.59 Å². The number of amides is 2. The van der Waals surface area contributed by atoms with Gasteiger partial charge in [-0.25, -0.2) is 0 Å². The summed E-state index contributed by atoms with van der Waals surface area (Å²) in [7, 11) is 0. The van der Waals surface area contributed by atoms with E-state index in [1.54, 1.807) is 18.7 Å². The molecule has 0 heterocycles. The lowest BCUT2D eigenvalue weighted by Crippen LogP contribution is -2.52. The second-order valence-electron chi connectivity index (χ2n) is 4.79. The van der Waals surface area contributed by atoms with Crippen molar-refractivity contribution in [2.24, 2.45) is 0 Å². The highest BCUT2D eigenvalue weighted by molar-refractivity contribution is 6.35. The van der Waals surface area contributed by atoms with Gasteiger partial charge in [0.15, 0.2) is 0 Å². The van der Waals surface area contributed by atoms with Crippen molar-refractivity contribution in [2.75, 3.05) is 19.7 Å².